The molecule has 3 aliphatic heterocycles. The van der Waals surface area contributed by atoms with Crippen molar-refractivity contribution in [2.24, 2.45) is 5.92 Å². The molecule has 8 rings (SSSR count). The smallest absolute Gasteiger partial charge is 0.410 e. The number of nitrogens with one attached hydrogen (secondary N) is 2. The van der Waals surface area contributed by atoms with Crippen LogP contribution in [0.4, 0.5) is 4.79 Å². The van der Waals surface area contributed by atoms with E-state index in [1.807, 2.05) is 54.4 Å². The molecular formula is C42H44N6O4. The average Bonchev–Trinajstić information content (AvgIpc) is 4.02. The molecule has 5 heterocycles. The number of likely N-dealkylation sites (tertiary alicyclic amines) is 1. The van der Waals surface area contributed by atoms with Crippen molar-refractivity contribution in [1.82, 2.24) is 29.7 Å². The van der Waals surface area contributed by atoms with Crippen molar-refractivity contribution in [1.29, 1.82) is 0 Å². The fourth-order valence-electron chi connectivity index (χ4n) is 7.61. The molecule has 2 amide bonds. The maximum atomic E-state index is 13.3. The largest absolute Gasteiger partial charge is 0.445 e. The summed E-state index contributed by atoms with van der Waals surface area (Å²) in [5, 5.41) is 0. The number of aromatic nitrogens is 4. The summed E-state index contributed by atoms with van der Waals surface area (Å²) < 4.78 is 11.6. The molecule has 2 bridgehead atoms. The van der Waals surface area contributed by atoms with Gasteiger partial charge in [-0.1, -0.05) is 97.9 Å². The van der Waals surface area contributed by atoms with Crippen LogP contribution in [0.15, 0.2) is 97.2 Å². The Morgan fingerprint density at radius 2 is 1.56 bits per heavy atom. The van der Waals surface area contributed by atoms with Gasteiger partial charge in [-0.2, -0.15) is 0 Å². The summed E-state index contributed by atoms with van der Waals surface area (Å²) in [7, 11) is 0. The second kappa shape index (κ2) is 15.0. The van der Waals surface area contributed by atoms with Crippen LogP contribution in [0, 0.1) is 5.92 Å². The predicted molar refractivity (Wildman–Crippen MR) is 199 cm³/mol. The number of aromatic amines is 2. The summed E-state index contributed by atoms with van der Waals surface area (Å²) in [4.78, 5) is 46.9. The van der Waals surface area contributed by atoms with Crippen molar-refractivity contribution in [3.63, 3.8) is 0 Å². The highest BCUT2D eigenvalue weighted by atomic mass is 16.6. The fraction of sp³-hybridized carbons (Fsp3) is 0.333. The number of carbonyl (C=O) groups is 2. The van der Waals surface area contributed by atoms with Crippen LogP contribution in [-0.2, 0) is 27.5 Å². The van der Waals surface area contributed by atoms with Gasteiger partial charge in [0.05, 0.1) is 42.4 Å². The number of hydrogen-bond acceptors (Lipinski definition) is 6. The third-order valence-electron chi connectivity index (χ3n) is 10.5. The number of fused-ring (bicyclic) bond motifs is 4. The Morgan fingerprint density at radius 1 is 0.846 bits per heavy atom. The van der Waals surface area contributed by atoms with Crippen LogP contribution in [-0.4, -0.2) is 61.4 Å². The molecular weight excluding hydrogens is 652 g/mol. The molecule has 0 radical (unpaired) electrons. The third kappa shape index (κ3) is 7.03. The molecule has 3 aromatic carbocycles. The number of amides is 2. The first kappa shape index (κ1) is 33.7. The molecule has 5 aromatic rings. The summed E-state index contributed by atoms with van der Waals surface area (Å²) in [6, 6.07) is 26.4. The Kier molecular flexibility index (Phi) is 9.72. The first-order chi connectivity index (χ1) is 25.5. The van der Waals surface area contributed by atoms with Crippen molar-refractivity contribution < 1.29 is 19.1 Å². The molecule has 2 unspecified atom stereocenters. The van der Waals surface area contributed by atoms with Crippen molar-refractivity contribution in [2.75, 3.05) is 19.7 Å². The van der Waals surface area contributed by atoms with Gasteiger partial charge in [-0.3, -0.25) is 9.69 Å². The number of allylic oxidation sites excluding steroid dienone is 1. The highest BCUT2D eigenvalue weighted by Gasteiger charge is 2.35. The van der Waals surface area contributed by atoms with Crippen LogP contribution in [0.25, 0.3) is 33.6 Å². The number of benzene rings is 3. The number of imidazole rings is 2. The zero-order chi connectivity index (χ0) is 35.4. The third-order valence-corrected chi connectivity index (χ3v) is 10.5. The summed E-state index contributed by atoms with van der Waals surface area (Å²) in [6.07, 6.45) is 9.99. The first-order valence-electron chi connectivity index (χ1n) is 18.4. The van der Waals surface area contributed by atoms with Gasteiger partial charge in [0.2, 0.25) is 5.91 Å². The molecule has 3 aliphatic rings. The number of H-pyrrole nitrogens is 2. The van der Waals surface area contributed by atoms with Crippen LogP contribution >= 0.6 is 0 Å². The van der Waals surface area contributed by atoms with Gasteiger partial charge in [0.1, 0.15) is 18.3 Å². The molecule has 266 valence electrons. The van der Waals surface area contributed by atoms with E-state index in [0.29, 0.717) is 26.2 Å². The van der Waals surface area contributed by atoms with Crippen LogP contribution < -0.4 is 0 Å². The molecule has 0 saturated carbocycles. The summed E-state index contributed by atoms with van der Waals surface area (Å²) >= 11 is 0. The van der Waals surface area contributed by atoms with Crippen molar-refractivity contribution in [3.05, 3.63) is 120 Å². The van der Waals surface area contributed by atoms with E-state index >= 15 is 0 Å². The van der Waals surface area contributed by atoms with E-state index in [0.717, 1.165) is 88.8 Å². The lowest BCUT2D eigenvalue weighted by molar-refractivity contribution is -0.136. The van der Waals surface area contributed by atoms with Crippen LogP contribution in [0.2, 0.25) is 0 Å². The lowest BCUT2D eigenvalue weighted by Gasteiger charge is -2.26. The Bertz CT molecular complexity index is 2030. The quantitative estimate of drug-likeness (QED) is 0.172. The molecule has 2 aromatic heterocycles. The zero-order valence-corrected chi connectivity index (χ0v) is 29.5. The Labute approximate surface area is 303 Å². The van der Waals surface area contributed by atoms with Crippen molar-refractivity contribution in [2.45, 2.75) is 64.3 Å². The normalized spacial score (nSPS) is 21.2. The molecule has 0 spiro atoms. The number of hydrogen-bond donors (Lipinski definition) is 2. The van der Waals surface area contributed by atoms with Gasteiger partial charge >= 0.3 is 6.09 Å². The van der Waals surface area contributed by atoms with Crippen molar-refractivity contribution >= 4 is 12.0 Å². The summed E-state index contributed by atoms with van der Waals surface area (Å²) in [5.74, 6) is 1.73. The topological polar surface area (TPSA) is 116 Å². The van der Waals surface area contributed by atoms with Gasteiger partial charge in [-0.15, -0.1) is 0 Å². The van der Waals surface area contributed by atoms with Gasteiger partial charge in [0, 0.05) is 36.3 Å². The standard InChI is InChI=1S/C42H44N6O4/c1-28-9-5-6-24-51-27-35-38(46-40(45-35)37-13-7-22-47(37)41(28)49)33-20-16-31(17-21-33)30-14-18-32(19-15-30)34-25-43-39(44-34)36-12-8-23-48(36)42(50)52-26-29-10-3-2-4-11-29/h2-6,10-11,14-21,25,28,36-37H,7-9,12-13,22-24,26-27H2,1H3,(H,43,44)(H,45,46)/b6-5+/t28?,36-,37?/m0/s1. The highest BCUT2D eigenvalue weighted by molar-refractivity contribution is 5.79. The van der Waals surface area contributed by atoms with Crippen LogP contribution in [0.3, 0.4) is 0 Å². The van der Waals surface area contributed by atoms with E-state index in [1.54, 1.807) is 4.90 Å². The van der Waals surface area contributed by atoms with Gasteiger partial charge in [0.15, 0.2) is 0 Å². The minimum atomic E-state index is -0.313. The van der Waals surface area contributed by atoms with E-state index < -0.39 is 0 Å². The SMILES string of the molecule is CC1C/C=C/COCc2[nH]c(nc2-c2ccc(-c3ccc(-c4c[nH]c([C@@H]5CCCN5C(=O)OCc5ccccc5)n4)cc3)cc2)C2CCCN2C1=O. The fourth-order valence-corrected chi connectivity index (χ4v) is 7.61. The second-order valence-electron chi connectivity index (χ2n) is 14.0. The Hall–Kier alpha value is -5.48. The van der Waals surface area contributed by atoms with E-state index in [1.165, 1.54) is 0 Å². The maximum absolute atomic E-state index is 13.3. The lowest BCUT2D eigenvalue weighted by Crippen LogP contribution is -2.35. The van der Waals surface area contributed by atoms with Crippen molar-refractivity contribution in [3.8, 4) is 33.6 Å². The maximum Gasteiger partial charge on any atom is 0.410 e. The molecule has 52 heavy (non-hydrogen) atoms. The minimum Gasteiger partial charge on any atom is -0.445 e. The number of carbonyl (C=O) groups excluding carboxylic acids is 2. The average molecular weight is 697 g/mol. The Balaban J connectivity index is 0.956. The summed E-state index contributed by atoms with van der Waals surface area (Å²) in [6.45, 7) is 4.57. The van der Waals surface area contributed by atoms with E-state index in [-0.39, 0.29) is 36.6 Å². The molecule has 10 nitrogen and oxygen atoms in total. The molecule has 3 atom stereocenters. The molecule has 2 fully saturated rings. The summed E-state index contributed by atoms with van der Waals surface area (Å²) in [5.41, 5.74) is 7.78. The monoisotopic (exact) mass is 696 g/mol. The molecule has 10 heteroatoms. The van der Waals surface area contributed by atoms with E-state index in [9.17, 15) is 9.59 Å². The Morgan fingerprint density at radius 3 is 2.35 bits per heavy atom. The van der Waals surface area contributed by atoms with Gasteiger partial charge in [-0.25, -0.2) is 14.8 Å². The zero-order valence-electron chi connectivity index (χ0n) is 29.5. The van der Waals surface area contributed by atoms with Gasteiger partial charge < -0.3 is 24.3 Å². The van der Waals surface area contributed by atoms with E-state index in [4.69, 9.17) is 19.4 Å². The minimum absolute atomic E-state index is 0.0471. The number of ether oxygens (including phenoxy) is 2. The second-order valence-corrected chi connectivity index (χ2v) is 14.0. The molecule has 2 saturated heterocycles. The highest BCUT2D eigenvalue weighted by Crippen LogP contribution is 2.36. The predicted octanol–water partition coefficient (Wildman–Crippen LogP) is 8.38. The number of nitrogens with zero attached hydrogens (tertiary/aromatic N) is 4. The van der Waals surface area contributed by atoms with Crippen LogP contribution in [0.5, 0.6) is 0 Å². The van der Waals surface area contributed by atoms with Crippen LogP contribution in [0.1, 0.15) is 74.0 Å². The first-order valence-corrected chi connectivity index (χ1v) is 18.4. The van der Waals surface area contributed by atoms with E-state index in [2.05, 4.69) is 64.6 Å². The van der Waals surface area contributed by atoms with Gasteiger partial charge in [-0.05, 0) is 48.8 Å². The number of rotatable bonds is 6. The molecule has 0 aliphatic carbocycles. The lowest BCUT2D eigenvalue weighted by atomic mass is 10.0. The van der Waals surface area contributed by atoms with Gasteiger partial charge in [0.25, 0.3) is 0 Å². The molecule has 2 N–H and O–H groups in total.